The van der Waals surface area contributed by atoms with E-state index in [1.807, 2.05) is 0 Å². The zero-order valence-electron chi connectivity index (χ0n) is 15.7. The monoisotopic (exact) mass is 426 g/mol. The number of hydrogen-bond donors (Lipinski definition) is 1. The van der Waals surface area contributed by atoms with Crippen LogP contribution in [0.15, 0.2) is 58.0 Å². The molecule has 30 heavy (non-hydrogen) atoms. The molecule has 2 heterocycles. The van der Waals surface area contributed by atoms with Crippen molar-refractivity contribution < 1.29 is 28.2 Å². The predicted octanol–water partition coefficient (Wildman–Crippen LogP) is 3.88. The number of fused-ring (bicyclic) bond motifs is 1. The van der Waals surface area contributed by atoms with Crippen molar-refractivity contribution in [2.24, 2.45) is 5.10 Å². The lowest BCUT2D eigenvalue weighted by atomic mass is 10.1. The number of nitrogens with zero attached hydrogens (tertiary/aromatic N) is 1. The Morgan fingerprint density at radius 2 is 1.93 bits per heavy atom. The molecule has 2 aromatic carbocycles. The van der Waals surface area contributed by atoms with Gasteiger partial charge in [0.05, 0.1) is 23.9 Å². The number of amides is 1. The van der Waals surface area contributed by atoms with Crippen molar-refractivity contribution >= 4 is 29.7 Å². The Bertz CT molecular complexity index is 1150. The summed E-state index contributed by atoms with van der Waals surface area (Å²) in [4.78, 5) is 24.0. The van der Waals surface area contributed by atoms with Crippen LogP contribution in [0.25, 0.3) is 11.3 Å². The number of carbonyl (C=O) groups excluding carboxylic acids is 2. The fourth-order valence-corrected chi connectivity index (χ4v) is 2.97. The Balaban J connectivity index is 1.44. The van der Waals surface area contributed by atoms with E-state index in [1.54, 1.807) is 48.5 Å². The van der Waals surface area contributed by atoms with Crippen molar-refractivity contribution in [3.63, 3.8) is 0 Å². The Kier molecular flexibility index (Phi) is 5.40. The largest absolute Gasteiger partial charge is 0.465 e. The van der Waals surface area contributed by atoms with Crippen LogP contribution in [-0.4, -0.2) is 32.0 Å². The third-order valence-electron chi connectivity index (χ3n) is 4.28. The molecule has 0 atom stereocenters. The number of furan rings is 1. The highest BCUT2D eigenvalue weighted by Crippen LogP contribution is 2.32. The number of rotatable bonds is 5. The van der Waals surface area contributed by atoms with Crippen LogP contribution in [0.4, 0.5) is 0 Å². The van der Waals surface area contributed by atoms with Crippen molar-refractivity contribution in [3.8, 4) is 22.8 Å². The lowest BCUT2D eigenvalue weighted by Crippen LogP contribution is -2.17. The zero-order chi connectivity index (χ0) is 21.1. The lowest BCUT2D eigenvalue weighted by molar-refractivity contribution is 0.0601. The number of benzene rings is 2. The Hall–Kier alpha value is -3.78. The highest BCUT2D eigenvalue weighted by Gasteiger charge is 2.16. The number of ether oxygens (including phenoxy) is 3. The molecule has 1 N–H and O–H groups in total. The number of hydrogen-bond acceptors (Lipinski definition) is 7. The van der Waals surface area contributed by atoms with Crippen LogP contribution in [-0.2, 0) is 4.74 Å². The van der Waals surface area contributed by atoms with Crippen LogP contribution in [0, 0.1) is 0 Å². The molecule has 1 aromatic heterocycles. The van der Waals surface area contributed by atoms with Crippen LogP contribution in [0.3, 0.4) is 0 Å². The number of methoxy groups -OCH3 is 1. The fourth-order valence-electron chi connectivity index (χ4n) is 2.78. The van der Waals surface area contributed by atoms with E-state index in [0.29, 0.717) is 34.1 Å². The van der Waals surface area contributed by atoms with Gasteiger partial charge in [-0.25, -0.2) is 10.2 Å². The number of hydrazone groups is 1. The van der Waals surface area contributed by atoms with Crippen molar-refractivity contribution in [3.05, 3.63) is 70.4 Å². The van der Waals surface area contributed by atoms with E-state index < -0.39 is 11.9 Å². The van der Waals surface area contributed by atoms with Gasteiger partial charge in [-0.1, -0.05) is 11.6 Å². The first-order chi connectivity index (χ1) is 14.5. The van der Waals surface area contributed by atoms with Gasteiger partial charge in [-0.2, -0.15) is 5.10 Å². The van der Waals surface area contributed by atoms with E-state index >= 15 is 0 Å². The molecule has 0 saturated carbocycles. The minimum Gasteiger partial charge on any atom is -0.465 e. The number of esters is 1. The summed E-state index contributed by atoms with van der Waals surface area (Å²) in [5.41, 5.74) is 3.68. The van der Waals surface area contributed by atoms with Crippen LogP contribution in [0.2, 0.25) is 5.02 Å². The lowest BCUT2D eigenvalue weighted by Gasteiger charge is -2.04. The van der Waals surface area contributed by atoms with E-state index in [4.69, 9.17) is 30.2 Å². The van der Waals surface area contributed by atoms with Gasteiger partial charge in [0.15, 0.2) is 11.5 Å². The van der Waals surface area contributed by atoms with E-state index in [1.165, 1.54) is 13.3 Å². The van der Waals surface area contributed by atoms with Gasteiger partial charge in [0, 0.05) is 11.1 Å². The van der Waals surface area contributed by atoms with Gasteiger partial charge in [0.2, 0.25) is 6.79 Å². The highest BCUT2D eigenvalue weighted by molar-refractivity contribution is 6.33. The second-order valence-electron chi connectivity index (χ2n) is 6.16. The minimum absolute atomic E-state index is 0.133. The second kappa shape index (κ2) is 8.30. The summed E-state index contributed by atoms with van der Waals surface area (Å²) in [6.45, 7) is 0.133. The Morgan fingerprint density at radius 1 is 1.10 bits per heavy atom. The molecule has 1 amide bonds. The molecule has 1 aliphatic rings. The standard InChI is InChI=1S/C21H15ClN2O6/c1-27-21(26)15-8-12(2-5-16(15)22)17-7-4-14(30-17)10-23-24-20(25)13-3-6-18-19(9-13)29-11-28-18/h2-10H,11H2,1H3,(H,24,25). The van der Waals surface area contributed by atoms with Crippen LogP contribution in [0.5, 0.6) is 11.5 Å². The maximum absolute atomic E-state index is 12.2. The SMILES string of the molecule is COC(=O)c1cc(-c2ccc(C=NNC(=O)c3ccc4c(c3)OCO4)o2)ccc1Cl. The molecule has 3 aromatic rings. The molecular weight excluding hydrogens is 412 g/mol. The van der Waals surface area contributed by atoms with Gasteiger partial charge in [-0.3, -0.25) is 4.79 Å². The number of carbonyl (C=O) groups is 2. The molecule has 1 aliphatic heterocycles. The summed E-state index contributed by atoms with van der Waals surface area (Å²) >= 11 is 6.03. The van der Waals surface area contributed by atoms with E-state index in [-0.39, 0.29) is 17.4 Å². The van der Waals surface area contributed by atoms with Crippen LogP contribution < -0.4 is 14.9 Å². The molecule has 0 aliphatic carbocycles. The average Bonchev–Trinajstić information content (AvgIpc) is 3.42. The molecule has 0 saturated heterocycles. The third-order valence-corrected chi connectivity index (χ3v) is 4.61. The normalized spacial score (nSPS) is 12.2. The van der Waals surface area contributed by atoms with Crippen molar-refractivity contribution in [2.75, 3.05) is 13.9 Å². The van der Waals surface area contributed by atoms with E-state index in [2.05, 4.69) is 10.5 Å². The summed E-state index contributed by atoms with van der Waals surface area (Å²) in [6, 6.07) is 13.1. The molecule has 0 spiro atoms. The van der Waals surface area contributed by atoms with Gasteiger partial charge >= 0.3 is 5.97 Å². The molecule has 0 unspecified atom stereocenters. The third kappa shape index (κ3) is 3.99. The molecule has 152 valence electrons. The number of halogens is 1. The van der Waals surface area contributed by atoms with Crippen molar-refractivity contribution in [1.82, 2.24) is 5.43 Å². The molecule has 8 nitrogen and oxygen atoms in total. The molecule has 0 bridgehead atoms. The summed E-state index contributed by atoms with van der Waals surface area (Å²) in [5.74, 6) is 1.07. The first-order valence-corrected chi connectivity index (χ1v) is 9.14. The molecule has 9 heteroatoms. The summed E-state index contributed by atoms with van der Waals surface area (Å²) < 4.78 is 20.9. The molecular formula is C21H15ClN2O6. The van der Waals surface area contributed by atoms with Crippen LogP contribution in [0.1, 0.15) is 26.5 Å². The Labute approximate surface area is 176 Å². The van der Waals surface area contributed by atoms with E-state index in [9.17, 15) is 9.59 Å². The predicted molar refractivity (Wildman–Crippen MR) is 108 cm³/mol. The second-order valence-corrected chi connectivity index (χ2v) is 6.56. The first-order valence-electron chi connectivity index (χ1n) is 8.76. The van der Waals surface area contributed by atoms with Crippen LogP contribution >= 0.6 is 11.6 Å². The zero-order valence-corrected chi connectivity index (χ0v) is 16.4. The highest BCUT2D eigenvalue weighted by atomic mass is 35.5. The van der Waals surface area contributed by atoms with Crippen molar-refractivity contribution in [2.45, 2.75) is 0 Å². The van der Waals surface area contributed by atoms with Gasteiger partial charge in [-0.15, -0.1) is 0 Å². The summed E-state index contributed by atoms with van der Waals surface area (Å²) in [6.07, 6.45) is 1.37. The maximum Gasteiger partial charge on any atom is 0.339 e. The van der Waals surface area contributed by atoms with Gasteiger partial charge in [-0.05, 0) is 48.5 Å². The molecule has 0 radical (unpaired) electrons. The van der Waals surface area contributed by atoms with Gasteiger partial charge in [0.25, 0.3) is 5.91 Å². The smallest absolute Gasteiger partial charge is 0.339 e. The van der Waals surface area contributed by atoms with E-state index in [0.717, 1.165) is 0 Å². The number of nitrogens with one attached hydrogen (secondary N) is 1. The van der Waals surface area contributed by atoms with Gasteiger partial charge < -0.3 is 18.6 Å². The maximum atomic E-state index is 12.2. The topological polar surface area (TPSA) is 99.4 Å². The minimum atomic E-state index is -0.540. The fraction of sp³-hybridized carbons (Fsp3) is 0.0952. The Morgan fingerprint density at radius 3 is 2.77 bits per heavy atom. The quantitative estimate of drug-likeness (QED) is 0.377. The average molecular weight is 427 g/mol. The van der Waals surface area contributed by atoms with Gasteiger partial charge in [0.1, 0.15) is 11.5 Å². The molecule has 4 rings (SSSR count). The summed E-state index contributed by atoms with van der Waals surface area (Å²) in [7, 11) is 1.28. The summed E-state index contributed by atoms with van der Waals surface area (Å²) in [5, 5.41) is 4.19. The molecule has 0 fully saturated rings. The first kappa shape index (κ1) is 19.5. The van der Waals surface area contributed by atoms with Crippen molar-refractivity contribution in [1.29, 1.82) is 0 Å².